The van der Waals surface area contributed by atoms with Crippen LogP contribution in [0.5, 0.6) is 0 Å². The average Bonchev–Trinajstić information content (AvgIpc) is 2.79. The van der Waals surface area contributed by atoms with Gasteiger partial charge in [0, 0.05) is 38.2 Å². The molecule has 1 saturated heterocycles. The van der Waals surface area contributed by atoms with E-state index in [4.69, 9.17) is 5.11 Å². The fourth-order valence-electron chi connectivity index (χ4n) is 2.06. The second-order valence-electron chi connectivity index (χ2n) is 4.47. The van der Waals surface area contributed by atoms with E-state index >= 15 is 0 Å². The number of rotatable bonds is 4. The molecule has 1 atom stereocenters. The molecule has 18 heavy (non-hydrogen) atoms. The normalized spacial score (nSPS) is 20.2. The van der Waals surface area contributed by atoms with Gasteiger partial charge in [0.2, 0.25) is 5.91 Å². The summed E-state index contributed by atoms with van der Waals surface area (Å²) >= 11 is 0. The first-order chi connectivity index (χ1) is 8.58. The van der Waals surface area contributed by atoms with E-state index in [2.05, 4.69) is 15.5 Å². The number of hydrogen-bond acceptors (Lipinski definition) is 4. The maximum Gasteiger partial charge on any atom is 0.354 e. The number of nitrogens with zero attached hydrogens (tertiary/aromatic N) is 2. The van der Waals surface area contributed by atoms with Gasteiger partial charge in [0.15, 0.2) is 0 Å². The number of carboxylic acids is 1. The Morgan fingerprint density at radius 3 is 3.17 bits per heavy atom. The molecule has 1 aliphatic heterocycles. The third kappa shape index (κ3) is 2.67. The van der Waals surface area contributed by atoms with Crippen molar-refractivity contribution in [2.75, 3.05) is 13.6 Å². The Balaban J connectivity index is 1.90. The van der Waals surface area contributed by atoms with Crippen molar-refractivity contribution in [3.8, 4) is 0 Å². The Morgan fingerprint density at radius 2 is 2.50 bits per heavy atom. The van der Waals surface area contributed by atoms with Crippen LogP contribution in [0.2, 0.25) is 0 Å². The third-order valence-electron chi connectivity index (χ3n) is 3.14. The number of amides is 1. The number of likely N-dealkylation sites (tertiary alicyclic amines) is 1. The summed E-state index contributed by atoms with van der Waals surface area (Å²) in [6.45, 7) is 1.09. The van der Waals surface area contributed by atoms with Gasteiger partial charge in [-0.15, -0.1) is 0 Å². The molecule has 0 aliphatic carbocycles. The van der Waals surface area contributed by atoms with Gasteiger partial charge in [-0.2, -0.15) is 5.10 Å². The summed E-state index contributed by atoms with van der Waals surface area (Å²) in [4.78, 5) is 23.9. The van der Waals surface area contributed by atoms with E-state index in [1.165, 1.54) is 6.20 Å². The van der Waals surface area contributed by atoms with Gasteiger partial charge in [0.05, 0.1) is 6.20 Å². The lowest BCUT2D eigenvalue weighted by Gasteiger charge is -2.30. The van der Waals surface area contributed by atoms with Gasteiger partial charge < -0.3 is 15.3 Å². The second kappa shape index (κ2) is 5.18. The van der Waals surface area contributed by atoms with Crippen molar-refractivity contribution in [3.63, 3.8) is 0 Å². The molecule has 1 aliphatic rings. The van der Waals surface area contributed by atoms with Crippen LogP contribution in [0.4, 0.5) is 0 Å². The first kappa shape index (κ1) is 12.6. The van der Waals surface area contributed by atoms with Crippen molar-refractivity contribution in [2.24, 2.45) is 0 Å². The molecule has 2 heterocycles. The number of aromatic carboxylic acids is 1. The largest absolute Gasteiger partial charge is 0.477 e. The Kier molecular flexibility index (Phi) is 3.61. The molecule has 7 heteroatoms. The molecule has 0 bridgehead atoms. The predicted molar refractivity (Wildman–Crippen MR) is 63.0 cm³/mol. The van der Waals surface area contributed by atoms with Crippen LogP contribution in [0.15, 0.2) is 6.20 Å². The van der Waals surface area contributed by atoms with Crippen LogP contribution in [0, 0.1) is 0 Å². The van der Waals surface area contributed by atoms with Gasteiger partial charge in [-0.05, 0) is 6.42 Å². The monoisotopic (exact) mass is 252 g/mol. The average molecular weight is 252 g/mol. The predicted octanol–water partition coefficient (Wildman–Crippen LogP) is -0.182. The highest BCUT2D eigenvalue weighted by Crippen LogP contribution is 2.11. The molecule has 0 aromatic carbocycles. The number of piperidine rings is 1. The van der Waals surface area contributed by atoms with E-state index in [0.717, 1.165) is 6.42 Å². The molecule has 98 valence electrons. The maximum absolute atomic E-state index is 11.3. The van der Waals surface area contributed by atoms with Crippen molar-refractivity contribution in [2.45, 2.75) is 25.4 Å². The number of carbonyl (C=O) groups excluding carboxylic acids is 1. The van der Waals surface area contributed by atoms with Crippen LogP contribution < -0.4 is 5.32 Å². The van der Waals surface area contributed by atoms with E-state index in [0.29, 0.717) is 25.1 Å². The summed E-state index contributed by atoms with van der Waals surface area (Å²) in [7, 11) is 1.77. The number of carboxylic acid groups (broad SMARTS) is 1. The van der Waals surface area contributed by atoms with Gasteiger partial charge in [0.25, 0.3) is 0 Å². The highest BCUT2D eigenvalue weighted by molar-refractivity contribution is 5.86. The molecule has 0 saturated carbocycles. The quantitative estimate of drug-likeness (QED) is 0.690. The SMILES string of the molecule is CN1CC(NCc2cn[nH]c2C(=O)O)CCC1=O. The Labute approximate surface area is 104 Å². The number of carbonyl (C=O) groups is 2. The fourth-order valence-corrected chi connectivity index (χ4v) is 2.06. The Bertz CT molecular complexity index is 457. The highest BCUT2D eigenvalue weighted by atomic mass is 16.4. The van der Waals surface area contributed by atoms with Crippen molar-refractivity contribution in [3.05, 3.63) is 17.5 Å². The summed E-state index contributed by atoms with van der Waals surface area (Å²) in [5.74, 6) is -0.858. The van der Waals surface area contributed by atoms with Crippen molar-refractivity contribution < 1.29 is 14.7 Å². The van der Waals surface area contributed by atoms with Gasteiger partial charge in [-0.25, -0.2) is 4.79 Å². The zero-order valence-electron chi connectivity index (χ0n) is 10.1. The molecule has 7 nitrogen and oxygen atoms in total. The number of aromatic nitrogens is 2. The molecular formula is C11H16N4O3. The summed E-state index contributed by atoms with van der Waals surface area (Å²) in [5.41, 5.74) is 0.741. The molecule has 1 aromatic heterocycles. The van der Waals surface area contributed by atoms with Crippen molar-refractivity contribution >= 4 is 11.9 Å². The number of nitrogens with one attached hydrogen (secondary N) is 2. The van der Waals surface area contributed by atoms with Crippen molar-refractivity contribution in [1.29, 1.82) is 0 Å². The van der Waals surface area contributed by atoms with E-state index in [1.807, 2.05) is 0 Å². The summed E-state index contributed by atoms with van der Waals surface area (Å²) in [5, 5.41) is 18.3. The lowest BCUT2D eigenvalue weighted by Crippen LogP contribution is -2.46. The highest BCUT2D eigenvalue weighted by Gasteiger charge is 2.23. The van der Waals surface area contributed by atoms with E-state index in [-0.39, 0.29) is 17.6 Å². The molecule has 1 aromatic rings. The minimum Gasteiger partial charge on any atom is -0.477 e. The number of likely N-dealkylation sites (N-methyl/N-ethyl adjacent to an activating group) is 1. The minimum absolute atomic E-state index is 0.114. The molecule has 0 spiro atoms. The smallest absolute Gasteiger partial charge is 0.354 e. The zero-order chi connectivity index (χ0) is 13.1. The summed E-state index contributed by atoms with van der Waals surface area (Å²) < 4.78 is 0. The lowest BCUT2D eigenvalue weighted by atomic mass is 10.1. The molecule has 2 rings (SSSR count). The molecule has 1 amide bonds. The number of aromatic amines is 1. The van der Waals surface area contributed by atoms with Crippen LogP contribution in [0.1, 0.15) is 28.9 Å². The molecule has 1 unspecified atom stereocenters. The van der Waals surface area contributed by atoms with E-state index < -0.39 is 5.97 Å². The maximum atomic E-state index is 11.3. The molecular weight excluding hydrogens is 236 g/mol. The van der Waals surface area contributed by atoms with Crippen LogP contribution in [0.3, 0.4) is 0 Å². The Morgan fingerprint density at radius 1 is 1.72 bits per heavy atom. The van der Waals surface area contributed by atoms with Gasteiger partial charge >= 0.3 is 5.97 Å². The fraction of sp³-hybridized carbons (Fsp3) is 0.545. The zero-order valence-corrected chi connectivity index (χ0v) is 10.1. The topological polar surface area (TPSA) is 98.3 Å². The molecule has 0 radical (unpaired) electrons. The standard InChI is InChI=1S/C11H16N4O3/c1-15-6-8(2-3-9(15)16)12-4-7-5-13-14-10(7)11(17)18/h5,8,12H,2-4,6H2,1H3,(H,13,14)(H,17,18). The van der Waals surface area contributed by atoms with Gasteiger partial charge in [0.1, 0.15) is 5.69 Å². The van der Waals surface area contributed by atoms with Crippen LogP contribution >= 0.6 is 0 Å². The van der Waals surface area contributed by atoms with E-state index in [1.54, 1.807) is 11.9 Å². The first-order valence-electron chi connectivity index (χ1n) is 5.81. The minimum atomic E-state index is -1.01. The molecule has 1 fully saturated rings. The van der Waals surface area contributed by atoms with E-state index in [9.17, 15) is 9.59 Å². The summed E-state index contributed by atoms with van der Waals surface area (Å²) in [6.07, 6.45) is 2.82. The van der Waals surface area contributed by atoms with Crippen LogP contribution in [-0.2, 0) is 11.3 Å². The van der Waals surface area contributed by atoms with Crippen molar-refractivity contribution in [1.82, 2.24) is 20.4 Å². The van der Waals surface area contributed by atoms with Crippen LogP contribution in [0.25, 0.3) is 0 Å². The number of hydrogen-bond donors (Lipinski definition) is 3. The van der Waals surface area contributed by atoms with Gasteiger partial charge in [-0.3, -0.25) is 9.89 Å². The third-order valence-corrected chi connectivity index (χ3v) is 3.14. The Hall–Kier alpha value is -1.89. The second-order valence-corrected chi connectivity index (χ2v) is 4.47. The number of H-pyrrole nitrogens is 1. The first-order valence-corrected chi connectivity index (χ1v) is 5.81. The lowest BCUT2D eigenvalue weighted by molar-refractivity contribution is -0.132. The van der Waals surface area contributed by atoms with Gasteiger partial charge in [-0.1, -0.05) is 0 Å². The molecule has 3 N–H and O–H groups in total. The van der Waals surface area contributed by atoms with Crippen LogP contribution in [-0.4, -0.2) is 51.7 Å². The summed E-state index contributed by atoms with van der Waals surface area (Å²) in [6, 6.07) is 0.198.